The van der Waals surface area contributed by atoms with Crippen LogP contribution in [0, 0.1) is 0 Å². The maximum Gasteiger partial charge on any atom is 0.237 e. The van der Waals surface area contributed by atoms with Gasteiger partial charge in [0.15, 0.2) is 0 Å². The van der Waals surface area contributed by atoms with Gasteiger partial charge in [-0.15, -0.1) is 0 Å². The summed E-state index contributed by atoms with van der Waals surface area (Å²) in [5, 5.41) is 11.7. The van der Waals surface area contributed by atoms with Crippen molar-refractivity contribution in [2.45, 2.75) is 56.7 Å². The van der Waals surface area contributed by atoms with E-state index in [2.05, 4.69) is 21.3 Å². The van der Waals surface area contributed by atoms with Crippen molar-refractivity contribution < 1.29 is 23.9 Å². The first-order valence-corrected chi connectivity index (χ1v) is 11.1. The Bertz CT molecular complexity index is 548. The minimum absolute atomic E-state index is 0.0491. The molecule has 31 heavy (non-hydrogen) atoms. The molecule has 1 saturated heterocycles. The molecule has 0 aromatic rings. The Hall–Kier alpha value is -1.75. The molecule has 0 bridgehead atoms. The van der Waals surface area contributed by atoms with Crippen molar-refractivity contribution in [3.8, 4) is 0 Å². The van der Waals surface area contributed by atoms with Crippen molar-refractivity contribution in [1.29, 1.82) is 0 Å². The van der Waals surface area contributed by atoms with E-state index < -0.39 is 0 Å². The zero-order chi connectivity index (χ0) is 23.1. The first-order chi connectivity index (χ1) is 15.0. The van der Waals surface area contributed by atoms with Gasteiger partial charge in [0.05, 0.1) is 24.8 Å². The Morgan fingerprint density at radius 2 is 1.74 bits per heavy atom. The lowest BCUT2D eigenvalue weighted by Crippen LogP contribution is -2.44. The molecule has 1 aliphatic heterocycles. The Morgan fingerprint density at radius 3 is 2.39 bits per heavy atom. The van der Waals surface area contributed by atoms with Gasteiger partial charge in [0.2, 0.25) is 17.7 Å². The van der Waals surface area contributed by atoms with E-state index in [0.717, 1.165) is 13.0 Å². The van der Waals surface area contributed by atoms with Gasteiger partial charge in [0.25, 0.3) is 0 Å². The van der Waals surface area contributed by atoms with Crippen LogP contribution < -0.4 is 21.3 Å². The van der Waals surface area contributed by atoms with Crippen LogP contribution in [0.15, 0.2) is 0 Å². The van der Waals surface area contributed by atoms with Crippen LogP contribution >= 0.6 is 0 Å². The van der Waals surface area contributed by atoms with Crippen LogP contribution in [0.1, 0.15) is 38.5 Å². The van der Waals surface area contributed by atoms with Crippen molar-refractivity contribution in [1.82, 2.24) is 26.2 Å². The summed E-state index contributed by atoms with van der Waals surface area (Å²) in [6.07, 6.45) is 3.42. The normalized spacial score (nSPS) is 19.3. The van der Waals surface area contributed by atoms with Crippen molar-refractivity contribution in [2.75, 3.05) is 61.1 Å². The first-order valence-electron chi connectivity index (χ1n) is 11.1. The number of hydrogen-bond acceptors (Lipinski definition) is 7. The van der Waals surface area contributed by atoms with Crippen molar-refractivity contribution in [2.24, 2.45) is 0 Å². The molecule has 1 heterocycles. The summed E-state index contributed by atoms with van der Waals surface area (Å²) >= 11 is 0. The molecular formula is C21H41N5O5. The average molecular weight is 444 g/mol. The fourth-order valence-corrected chi connectivity index (χ4v) is 3.68. The van der Waals surface area contributed by atoms with E-state index in [1.807, 2.05) is 11.9 Å². The molecule has 1 aliphatic rings. The highest BCUT2D eigenvalue weighted by Gasteiger charge is 2.34. The third-order valence-corrected chi connectivity index (χ3v) is 5.51. The van der Waals surface area contributed by atoms with Crippen molar-refractivity contribution in [3.63, 3.8) is 0 Å². The molecule has 3 amide bonds. The van der Waals surface area contributed by atoms with Gasteiger partial charge in [-0.05, 0) is 46.3 Å². The number of carbonyl (C=O) groups is 3. The van der Waals surface area contributed by atoms with Gasteiger partial charge in [0, 0.05) is 46.7 Å². The fraction of sp³-hybridized carbons (Fsp3) is 0.857. The van der Waals surface area contributed by atoms with E-state index in [0.29, 0.717) is 58.3 Å². The third-order valence-electron chi connectivity index (χ3n) is 5.51. The molecule has 1 rings (SSSR count). The van der Waals surface area contributed by atoms with Crippen LogP contribution in [0.4, 0.5) is 0 Å². The van der Waals surface area contributed by atoms with Gasteiger partial charge in [-0.2, -0.15) is 0 Å². The predicted molar refractivity (Wildman–Crippen MR) is 119 cm³/mol. The fourth-order valence-electron chi connectivity index (χ4n) is 3.68. The predicted octanol–water partition coefficient (Wildman–Crippen LogP) is -0.761. The first kappa shape index (κ1) is 27.3. The standard InChI is InChI=1S/C21H41N5O5/c1-22-12-9-18(23-2)21(29)25-11-5-7-19(27)24-10-6-8-20(28)26-14-17(31-4)13-16(26)15-30-3/h16-18,22-23H,5-15H2,1-4H3,(H,24,27)(H,25,29)/t16-,17+,18+/m0/s1. The minimum atomic E-state index is -0.239. The van der Waals surface area contributed by atoms with E-state index in [1.165, 1.54) is 0 Å². The molecular weight excluding hydrogens is 402 g/mol. The van der Waals surface area contributed by atoms with Gasteiger partial charge >= 0.3 is 0 Å². The maximum atomic E-state index is 12.5. The number of rotatable bonds is 16. The molecule has 10 heteroatoms. The van der Waals surface area contributed by atoms with Crippen molar-refractivity contribution >= 4 is 17.7 Å². The second-order valence-corrected chi connectivity index (χ2v) is 7.83. The summed E-state index contributed by atoms with van der Waals surface area (Å²) in [4.78, 5) is 38.4. The summed E-state index contributed by atoms with van der Waals surface area (Å²) in [5.74, 6) is -0.0584. The lowest BCUT2D eigenvalue weighted by Gasteiger charge is -2.23. The molecule has 0 radical (unpaired) electrons. The Kier molecular flexibility index (Phi) is 14.1. The molecule has 180 valence electrons. The van der Waals surface area contributed by atoms with Gasteiger partial charge in [-0.3, -0.25) is 14.4 Å². The molecule has 10 nitrogen and oxygen atoms in total. The van der Waals surface area contributed by atoms with Gasteiger partial charge in [-0.25, -0.2) is 0 Å². The lowest BCUT2D eigenvalue weighted by molar-refractivity contribution is -0.133. The number of likely N-dealkylation sites (N-methyl/N-ethyl adjacent to an activating group) is 1. The topological polar surface area (TPSA) is 121 Å². The van der Waals surface area contributed by atoms with Gasteiger partial charge in [0.1, 0.15) is 0 Å². The number of hydrogen-bond donors (Lipinski definition) is 4. The van der Waals surface area contributed by atoms with Crippen LogP contribution in [0.5, 0.6) is 0 Å². The number of ether oxygens (including phenoxy) is 2. The Morgan fingerprint density at radius 1 is 1.03 bits per heavy atom. The highest BCUT2D eigenvalue weighted by molar-refractivity contribution is 5.81. The average Bonchev–Trinajstić information content (AvgIpc) is 3.18. The smallest absolute Gasteiger partial charge is 0.237 e. The number of nitrogens with one attached hydrogen (secondary N) is 4. The molecule has 0 aliphatic carbocycles. The van der Waals surface area contributed by atoms with E-state index in [9.17, 15) is 14.4 Å². The van der Waals surface area contributed by atoms with Gasteiger partial charge < -0.3 is 35.6 Å². The summed E-state index contributed by atoms with van der Waals surface area (Å²) < 4.78 is 10.6. The number of nitrogens with zero attached hydrogens (tertiary/aromatic N) is 1. The maximum absolute atomic E-state index is 12.5. The van der Waals surface area contributed by atoms with Crippen LogP contribution in [0.3, 0.4) is 0 Å². The second-order valence-electron chi connectivity index (χ2n) is 7.83. The number of likely N-dealkylation sites (tertiary alicyclic amines) is 1. The Balaban J connectivity index is 2.16. The molecule has 0 aromatic heterocycles. The van der Waals surface area contributed by atoms with Crippen LogP contribution in [-0.2, 0) is 23.9 Å². The van der Waals surface area contributed by atoms with Crippen molar-refractivity contribution in [3.05, 3.63) is 0 Å². The zero-order valence-corrected chi connectivity index (χ0v) is 19.5. The quantitative estimate of drug-likeness (QED) is 0.231. The molecule has 0 spiro atoms. The summed E-state index contributed by atoms with van der Waals surface area (Å²) in [7, 11) is 6.90. The third kappa shape index (κ3) is 10.4. The molecule has 1 fully saturated rings. The molecule has 0 aromatic carbocycles. The number of amides is 3. The molecule has 0 unspecified atom stereocenters. The second kappa shape index (κ2) is 16.0. The van der Waals surface area contributed by atoms with E-state index in [-0.39, 0.29) is 35.9 Å². The highest BCUT2D eigenvalue weighted by atomic mass is 16.5. The Labute approximate surface area is 186 Å². The summed E-state index contributed by atoms with van der Waals surface area (Å²) in [6, 6.07) is -0.190. The zero-order valence-electron chi connectivity index (χ0n) is 19.5. The van der Waals surface area contributed by atoms with Gasteiger partial charge in [-0.1, -0.05) is 0 Å². The molecule has 0 saturated carbocycles. The van der Waals surface area contributed by atoms with E-state index in [4.69, 9.17) is 9.47 Å². The van der Waals surface area contributed by atoms with Crippen LogP contribution in [0.2, 0.25) is 0 Å². The number of carbonyl (C=O) groups excluding carboxylic acids is 3. The molecule has 4 N–H and O–H groups in total. The summed E-state index contributed by atoms with van der Waals surface area (Å²) in [5.41, 5.74) is 0. The van der Waals surface area contributed by atoms with E-state index >= 15 is 0 Å². The minimum Gasteiger partial charge on any atom is -0.383 e. The lowest BCUT2D eigenvalue weighted by atomic mass is 10.2. The summed E-state index contributed by atoms with van der Waals surface area (Å²) in [6.45, 7) is 2.76. The number of methoxy groups -OCH3 is 2. The monoisotopic (exact) mass is 443 g/mol. The largest absolute Gasteiger partial charge is 0.383 e. The SMILES string of the molecule is CNCC[C@@H](NC)C(=O)NCCCC(=O)NCCCC(=O)N1C[C@H](OC)C[C@H]1COC. The molecule has 3 atom stereocenters. The van der Waals surface area contributed by atoms with E-state index in [1.54, 1.807) is 21.3 Å². The van der Waals surface area contributed by atoms with Crippen LogP contribution in [-0.4, -0.2) is 102 Å². The highest BCUT2D eigenvalue weighted by Crippen LogP contribution is 2.21. The van der Waals surface area contributed by atoms with Crippen LogP contribution in [0.25, 0.3) is 0 Å².